The van der Waals surface area contributed by atoms with Gasteiger partial charge in [0, 0.05) is 32.5 Å². The van der Waals surface area contributed by atoms with Crippen LogP contribution in [0.2, 0.25) is 0 Å². The van der Waals surface area contributed by atoms with Crippen LogP contribution in [0.5, 0.6) is 0 Å². The molecule has 5 nitrogen and oxygen atoms in total. The summed E-state index contributed by atoms with van der Waals surface area (Å²) in [5.41, 5.74) is 6.33. The Morgan fingerprint density at radius 1 is 1.59 bits per heavy atom. The van der Waals surface area contributed by atoms with E-state index in [1.165, 1.54) is 0 Å². The van der Waals surface area contributed by atoms with Gasteiger partial charge >= 0.3 is 0 Å². The molecule has 0 amide bonds. The van der Waals surface area contributed by atoms with Crippen molar-refractivity contribution in [1.82, 2.24) is 4.98 Å². The van der Waals surface area contributed by atoms with Crippen LogP contribution in [0.25, 0.3) is 0 Å². The molecule has 0 bridgehead atoms. The lowest BCUT2D eigenvalue weighted by Crippen LogP contribution is -2.27. The third kappa shape index (κ3) is 4.64. The van der Waals surface area contributed by atoms with Gasteiger partial charge in [-0.3, -0.25) is 0 Å². The van der Waals surface area contributed by atoms with Gasteiger partial charge in [0.25, 0.3) is 0 Å². The molecule has 0 saturated carbocycles. The average molecular weight is 255 g/mol. The Labute approximate surface area is 106 Å². The van der Waals surface area contributed by atoms with E-state index in [4.69, 9.17) is 27.4 Å². The summed E-state index contributed by atoms with van der Waals surface area (Å²) < 4.78 is 10.2. The van der Waals surface area contributed by atoms with Crippen LogP contribution in [0.1, 0.15) is 5.56 Å². The van der Waals surface area contributed by atoms with E-state index in [2.05, 4.69) is 10.3 Å². The van der Waals surface area contributed by atoms with Crippen molar-refractivity contribution in [2.24, 2.45) is 5.73 Å². The van der Waals surface area contributed by atoms with Crippen LogP contribution in [0, 0.1) is 0 Å². The highest BCUT2D eigenvalue weighted by molar-refractivity contribution is 7.80. The quantitative estimate of drug-likeness (QED) is 0.702. The molecule has 0 aliphatic rings. The second-order valence-electron chi connectivity index (χ2n) is 3.49. The summed E-state index contributed by atoms with van der Waals surface area (Å²) in [5.74, 6) is 0.716. The normalized spacial score (nSPS) is 12.1. The van der Waals surface area contributed by atoms with Gasteiger partial charge in [-0.05, 0) is 12.1 Å². The predicted molar refractivity (Wildman–Crippen MR) is 71.3 cm³/mol. The number of anilines is 1. The molecule has 1 atom stereocenters. The number of ether oxygens (including phenoxy) is 2. The smallest absolute Gasteiger partial charge is 0.126 e. The van der Waals surface area contributed by atoms with Gasteiger partial charge in [-0.2, -0.15) is 0 Å². The van der Waals surface area contributed by atoms with Gasteiger partial charge in [-0.15, -0.1) is 0 Å². The van der Waals surface area contributed by atoms with Gasteiger partial charge in [0.15, 0.2) is 0 Å². The molecule has 1 heterocycles. The van der Waals surface area contributed by atoms with E-state index in [0.717, 1.165) is 5.56 Å². The van der Waals surface area contributed by atoms with Gasteiger partial charge < -0.3 is 20.5 Å². The summed E-state index contributed by atoms with van der Waals surface area (Å²) in [6, 6.07) is 3.58. The molecule has 0 aliphatic heterocycles. The summed E-state index contributed by atoms with van der Waals surface area (Å²) >= 11 is 4.90. The second kappa shape index (κ2) is 7.16. The molecule has 1 rings (SSSR count). The molecule has 0 saturated heterocycles. The SMILES string of the molecule is COCC(CNc1cc(C(N)=S)ccn1)OC. The Morgan fingerprint density at radius 3 is 2.94 bits per heavy atom. The monoisotopic (exact) mass is 255 g/mol. The first-order valence-corrected chi connectivity index (χ1v) is 5.59. The molecular formula is C11H17N3O2S. The van der Waals surface area contributed by atoms with E-state index in [9.17, 15) is 0 Å². The number of pyridine rings is 1. The Morgan fingerprint density at radius 2 is 2.35 bits per heavy atom. The largest absolute Gasteiger partial charge is 0.389 e. The highest BCUT2D eigenvalue weighted by atomic mass is 32.1. The molecule has 1 aromatic heterocycles. The van der Waals surface area contributed by atoms with Crippen LogP contribution < -0.4 is 11.1 Å². The molecule has 17 heavy (non-hydrogen) atoms. The van der Waals surface area contributed by atoms with E-state index in [-0.39, 0.29) is 6.10 Å². The van der Waals surface area contributed by atoms with Crippen LogP contribution in [-0.4, -0.2) is 43.4 Å². The number of nitrogens with one attached hydrogen (secondary N) is 1. The standard InChI is InChI=1S/C11H17N3O2S/c1-15-7-9(16-2)6-14-10-5-8(11(12)17)3-4-13-10/h3-5,9H,6-7H2,1-2H3,(H2,12,17)(H,13,14). The van der Waals surface area contributed by atoms with E-state index < -0.39 is 0 Å². The van der Waals surface area contributed by atoms with Gasteiger partial charge in [-0.25, -0.2) is 4.98 Å². The van der Waals surface area contributed by atoms with Crippen LogP contribution in [0.4, 0.5) is 5.82 Å². The second-order valence-corrected chi connectivity index (χ2v) is 3.93. The maximum absolute atomic E-state index is 5.54. The van der Waals surface area contributed by atoms with Gasteiger partial charge in [0.1, 0.15) is 10.8 Å². The maximum atomic E-state index is 5.54. The zero-order chi connectivity index (χ0) is 12.7. The summed E-state index contributed by atoms with van der Waals surface area (Å²) in [4.78, 5) is 4.52. The highest BCUT2D eigenvalue weighted by Gasteiger charge is 2.07. The molecule has 1 unspecified atom stereocenters. The number of hydrogen-bond acceptors (Lipinski definition) is 5. The highest BCUT2D eigenvalue weighted by Crippen LogP contribution is 2.07. The summed E-state index contributed by atoms with van der Waals surface area (Å²) in [5, 5.41) is 3.14. The third-order valence-corrected chi connectivity index (χ3v) is 2.48. The van der Waals surface area contributed by atoms with Crippen molar-refractivity contribution in [2.75, 3.05) is 32.7 Å². The Kier molecular flexibility index (Phi) is 5.82. The fourth-order valence-corrected chi connectivity index (χ4v) is 1.42. The molecule has 6 heteroatoms. The lowest BCUT2D eigenvalue weighted by atomic mass is 10.2. The number of nitrogens with zero attached hydrogens (tertiary/aromatic N) is 1. The zero-order valence-electron chi connectivity index (χ0n) is 9.97. The van der Waals surface area contributed by atoms with Crippen molar-refractivity contribution in [3.05, 3.63) is 23.9 Å². The van der Waals surface area contributed by atoms with Crippen molar-refractivity contribution in [2.45, 2.75) is 6.10 Å². The van der Waals surface area contributed by atoms with Crippen molar-refractivity contribution in [3.63, 3.8) is 0 Å². The summed E-state index contributed by atoms with van der Waals surface area (Å²) in [6.45, 7) is 1.14. The number of nitrogens with two attached hydrogens (primary N) is 1. The number of hydrogen-bond donors (Lipinski definition) is 2. The molecule has 0 aliphatic carbocycles. The van der Waals surface area contributed by atoms with Crippen molar-refractivity contribution in [3.8, 4) is 0 Å². The summed E-state index contributed by atoms with van der Waals surface area (Å²) in [7, 11) is 3.28. The lowest BCUT2D eigenvalue weighted by molar-refractivity contribution is 0.0365. The van der Waals surface area contributed by atoms with Crippen LogP contribution >= 0.6 is 12.2 Å². The first-order chi connectivity index (χ1) is 8.17. The average Bonchev–Trinajstić information content (AvgIpc) is 2.34. The van der Waals surface area contributed by atoms with E-state index >= 15 is 0 Å². The number of methoxy groups -OCH3 is 2. The van der Waals surface area contributed by atoms with Gasteiger partial charge in [0.2, 0.25) is 0 Å². The molecule has 3 N–H and O–H groups in total. The topological polar surface area (TPSA) is 69.4 Å². The third-order valence-electron chi connectivity index (χ3n) is 2.24. The minimum atomic E-state index is -0.0183. The fourth-order valence-electron chi connectivity index (χ4n) is 1.30. The number of rotatable bonds is 7. The van der Waals surface area contributed by atoms with E-state index in [0.29, 0.717) is 24.0 Å². The minimum Gasteiger partial charge on any atom is -0.389 e. The molecular weight excluding hydrogens is 238 g/mol. The van der Waals surface area contributed by atoms with Crippen molar-refractivity contribution >= 4 is 23.0 Å². The summed E-state index contributed by atoms with van der Waals surface area (Å²) in [6.07, 6.45) is 1.64. The van der Waals surface area contributed by atoms with E-state index in [1.54, 1.807) is 26.5 Å². The molecule has 0 radical (unpaired) electrons. The first kappa shape index (κ1) is 13.8. The van der Waals surface area contributed by atoms with Crippen molar-refractivity contribution in [1.29, 1.82) is 0 Å². The Balaban J connectivity index is 2.56. The molecule has 0 aromatic carbocycles. The predicted octanol–water partition coefficient (Wildman–Crippen LogP) is 0.789. The Bertz CT molecular complexity index is 373. The van der Waals surface area contributed by atoms with Crippen LogP contribution in [0.15, 0.2) is 18.3 Å². The van der Waals surface area contributed by atoms with Gasteiger partial charge in [0.05, 0.1) is 12.7 Å². The van der Waals surface area contributed by atoms with E-state index in [1.807, 2.05) is 6.07 Å². The lowest BCUT2D eigenvalue weighted by Gasteiger charge is -2.15. The number of aromatic nitrogens is 1. The number of thiocarbonyl (C=S) groups is 1. The fraction of sp³-hybridized carbons (Fsp3) is 0.455. The zero-order valence-corrected chi connectivity index (χ0v) is 10.8. The van der Waals surface area contributed by atoms with Crippen LogP contribution in [0.3, 0.4) is 0 Å². The molecule has 94 valence electrons. The minimum absolute atomic E-state index is 0.0183. The maximum Gasteiger partial charge on any atom is 0.126 e. The molecule has 1 aromatic rings. The van der Waals surface area contributed by atoms with Crippen molar-refractivity contribution < 1.29 is 9.47 Å². The van der Waals surface area contributed by atoms with Crippen LogP contribution in [-0.2, 0) is 9.47 Å². The first-order valence-electron chi connectivity index (χ1n) is 5.18. The Hall–Kier alpha value is -1.24. The molecule has 0 fully saturated rings. The molecule has 0 spiro atoms. The van der Waals surface area contributed by atoms with Gasteiger partial charge in [-0.1, -0.05) is 12.2 Å².